The first kappa shape index (κ1) is 16.2. The third-order valence-electron chi connectivity index (χ3n) is 1.82. The molecule has 0 aliphatic carbocycles. The van der Waals surface area contributed by atoms with Gasteiger partial charge in [-0.25, -0.2) is 0 Å². The van der Waals surface area contributed by atoms with Crippen molar-refractivity contribution in [1.82, 2.24) is 0 Å². The number of hydrogen-bond donors (Lipinski definition) is 0. The quantitative estimate of drug-likeness (QED) is 0.498. The molecule has 92 valence electrons. The van der Waals surface area contributed by atoms with E-state index in [1.54, 1.807) is 0 Å². The first-order valence-electron chi connectivity index (χ1n) is 5.68. The van der Waals surface area contributed by atoms with Crippen molar-refractivity contribution in [2.24, 2.45) is 0 Å². The highest BCUT2D eigenvalue weighted by Crippen LogP contribution is 2.07. The summed E-state index contributed by atoms with van der Waals surface area (Å²) < 4.78 is 6.17. The molecule has 0 N–H and O–H groups in total. The first-order valence-corrected chi connectivity index (χ1v) is 9.90. The van der Waals surface area contributed by atoms with Crippen LogP contribution in [0.2, 0.25) is 12.6 Å². The molecule has 0 saturated heterocycles. The van der Waals surface area contributed by atoms with Gasteiger partial charge in [-0.1, -0.05) is 22.5 Å². The monoisotopic (exact) mass is 274 g/mol. The van der Waals surface area contributed by atoms with Gasteiger partial charge in [0.25, 0.3) is 9.04 Å². The molecule has 1 nitrogen and oxygen atoms in total. The Hall–Kier alpha value is 0.164. The highest BCUT2D eigenvalue weighted by Gasteiger charge is 2.13. The molecule has 0 aromatic carbocycles. The van der Waals surface area contributed by atoms with Gasteiger partial charge in [0.1, 0.15) is 0 Å². The van der Waals surface area contributed by atoms with E-state index in [2.05, 4.69) is 45.6 Å². The van der Waals surface area contributed by atoms with E-state index in [9.17, 15) is 0 Å². The summed E-state index contributed by atoms with van der Waals surface area (Å²) in [5, 5.41) is 0. The predicted molar refractivity (Wildman–Crippen MR) is 77.5 cm³/mol. The Balaban J connectivity index is 4.32. The van der Waals surface area contributed by atoms with Crippen LogP contribution in [-0.4, -0.2) is 24.0 Å². The van der Waals surface area contributed by atoms with Gasteiger partial charge in [0.2, 0.25) is 0 Å². The van der Waals surface area contributed by atoms with Crippen molar-refractivity contribution >= 4 is 29.7 Å². The molecule has 0 spiro atoms. The Bertz CT molecular complexity index is 225. The van der Waals surface area contributed by atoms with Gasteiger partial charge in [-0.05, 0) is 46.7 Å². The van der Waals surface area contributed by atoms with E-state index in [0.717, 1.165) is 18.3 Å². The van der Waals surface area contributed by atoms with Crippen LogP contribution in [0.15, 0.2) is 22.5 Å². The van der Waals surface area contributed by atoms with Crippen molar-refractivity contribution in [2.75, 3.05) is 5.88 Å². The number of hydrogen-bond acceptors (Lipinski definition) is 1. The van der Waals surface area contributed by atoms with Crippen LogP contribution >= 0.6 is 11.6 Å². The largest absolute Gasteiger partial charge is 0.450 e. The molecule has 0 atom stereocenters. The fraction of sp³-hybridized carbons (Fsp3) is 0.667. The molecule has 0 amide bonds. The number of allylic oxidation sites excluding steroid dienone is 2. The summed E-state index contributed by atoms with van der Waals surface area (Å²) in [6.45, 7) is 10.8. The number of rotatable bonds is 7. The van der Waals surface area contributed by atoms with E-state index in [1.165, 1.54) is 11.1 Å². The van der Waals surface area contributed by atoms with Gasteiger partial charge in [0.05, 0.1) is 0 Å². The minimum Gasteiger partial charge on any atom is -0.450 e. The molecule has 0 aliphatic heterocycles. The summed E-state index contributed by atoms with van der Waals surface area (Å²) in [7, 11) is -1.56. The number of alkyl halides is 1. The summed E-state index contributed by atoms with van der Waals surface area (Å²) in [5.41, 5.74) is 7.26. The third kappa shape index (κ3) is 9.39. The lowest BCUT2D eigenvalue weighted by Gasteiger charge is -2.15. The van der Waals surface area contributed by atoms with Crippen LogP contribution in [0.1, 0.15) is 34.1 Å². The van der Waals surface area contributed by atoms with Gasteiger partial charge >= 0.3 is 0 Å². The molecule has 0 aromatic heterocycles. The molecule has 0 aromatic rings. The molecule has 16 heavy (non-hydrogen) atoms. The highest BCUT2D eigenvalue weighted by atomic mass is 35.5. The average molecular weight is 275 g/mol. The summed E-state index contributed by atoms with van der Waals surface area (Å²) in [6.07, 6.45) is 1.07. The molecule has 4 heteroatoms. The molecule has 0 unspecified atom stereocenters. The SMILES string of the molecule is CC(C)=C[Si](C=C(C)C)O[Si](C)CCCCl. The van der Waals surface area contributed by atoms with Crippen LogP contribution in [-0.2, 0) is 4.12 Å². The van der Waals surface area contributed by atoms with Crippen molar-refractivity contribution in [3.8, 4) is 0 Å². The van der Waals surface area contributed by atoms with Gasteiger partial charge < -0.3 is 4.12 Å². The zero-order chi connectivity index (χ0) is 12.6. The second-order valence-electron chi connectivity index (χ2n) is 4.44. The van der Waals surface area contributed by atoms with E-state index in [4.69, 9.17) is 15.7 Å². The Labute approximate surface area is 109 Å². The van der Waals surface area contributed by atoms with Gasteiger partial charge in [0, 0.05) is 5.88 Å². The Morgan fingerprint density at radius 2 is 1.62 bits per heavy atom. The summed E-state index contributed by atoms with van der Waals surface area (Å²) in [5.74, 6) is 0.749. The van der Waals surface area contributed by atoms with Crippen molar-refractivity contribution in [2.45, 2.75) is 46.7 Å². The zero-order valence-corrected chi connectivity index (χ0v) is 13.8. The van der Waals surface area contributed by atoms with Crippen LogP contribution in [0.5, 0.6) is 0 Å². The smallest absolute Gasteiger partial charge is 0.256 e. The van der Waals surface area contributed by atoms with Crippen LogP contribution in [0.25, 0.3) is 0 Å². The molecule has 0 saturated carbocycles. The Morgan fingerprint density at radius 3 is 2.00 bits per heavy atom. The maximum Gasteiger partial charge on any atom is 0.256 e. The molecular weight excluding hydrogens is 252 g/mol. The van der Waals surface area contributed by atoms with E-state index in [0.29, 0.717) is 0 Å². The van der Waals surface area contributed by atoms with Crippen molar-refractivity contribution in [1.29, 1.82) is 0 Å². The van der Waals surface area contributed by atoms with E-state index >= 15 is 0 Å². The van der Waals surface area contributed by atoms with Crippen LogP contribution in [0, 0.1) is 0 Å². The minimum absolute atomic E-state index is 0.670. The summed E-state index contributed by atoms with van der Waals surface area (Å²) in [6, 6.07) is 1.15. The maximum atomic E-state index is 6.17. The minimum atomic E-state index is -0.895. The zero-order valence-electron chi connectivity index (χ0n) is 11.1. The molecule has 0 fully saturated rings. The van der Waals surface area contributed by atoms with Gasteiger partial charge in [-0.2, -0.15) is 0 Å². The van der Waals surface area contributed by atoms with Crippen LogP contribution in [0.4, 0.5) is 0 Å². The molecule has 2 radical (unpaired) electrons. The van der Waals surface area contributed by atoms with Crippen molar-refractivity contribution in [3.63, 3.8) is 0 Å². The normalized spacial score (nSPS) is 10.8. The lowest BCUT2D eigenvalue weighted by molar-refractivity contribution is 0.604. The molecule has 0 heterocycles. The molecule has 0 bridgehead atoms. The Morgan fingerprint density at radius 1 is 1.12 bits per heavy atom. The summed E-state index contributed by atoms with van der Waals surface area (Å²) >= 11 is 5.70. The molecule has 0 rings (SSSR count). The summed E-state index contributed by atoms with van der Waals surface area (Å²) in [4.78, 5) is 0. The molecular formula is C12H23ClOSi2. The standard InChI is InChI=1S/C12H23ClOSi2/c1-11(2)9-16(10-12(3)4)14-15(5)8-6-7-13/h9-10H,6-8H2,1-5H3. The van der Waals surface area contributed by atoms with E-state index in [-0.39, 0.29) is 0 Å². The molecule has 0 aliphatic rings. The second kappa shape index (κ2) is 9.22. The predicted octanol–water partition coefficient (Wildman–Crippen LogP) is 4.26. The second-order valence-corrected chi connectivity index (χ2v) is 8.92. The average Bonchev–Trinajstić information content (AvgIpc) is 2.12. The lowest BCUT2D eigenvalue weighted by Crippen LogP contribution is -2.24. The maximum absolute atomic E-state index is 6.17. The van der Waals surface area contributed by atoms with Crippen molar-refractivity contribution in [3.05, 3.63) is 22.5 Å². The fourth-order valence-corrected chi connectivity index (χ4v) is 5.98. The van der Waals surface area contributed by atoms with Gasteiger partial charge in [0.15, 0.2) is 9.04 Å². The van der Waals surface area contributed by atoms with Crippen LogP contribution < -0.4 is 0 Å². The first-order chi connectivity index (χ1) is 7.45. The van der Waals surface area contributed by atoms with Gasteiger partial charge in [-0.3, -0.25) is 0 Å². The van der Waals surface area contributed by atoms with E-state index in [1.807, 2.05) is 0 Å². The lowest BCUT2D eigenvalue weighted by atomic mass is 10.4. The van der Waals surface area contributed by atoms with Crippen LogP contribution in [0.3, 0.4) is 0 Å². The van der Waals surface area contributed by atoms with Crippen molar-refractivity contribution < 1.29 is 4.12 Å². The highest BCUT2D eigenvalue weighted by molar-refractivity contribution is 6.72. The van der Waals surface area contributed by atoms with Gasteiger partial charge in [-0.15, -0.1) is 11.6 Å². The number of halogens is 1. The Kier molecular flexibility index (Phi) is 9.31. The topological polar surface area (TPSA) is 9.23 Å². The fourth-order valence-electron chi connectivity index (χ4n) is 1.24. The third-order valence-corrected chi connectivity index (χ3v) is 7.20. The van der Waals surface area contributed by atoms with E-state index < -0.39 is 18.1 Å².